The summed E-state index contributed by atoms with van der Waals surface area (Å²) >= 11 is 0. The lowest BCUT2D eigenvalue weighted by atomic mass is 10.1. The average Bonchev–Trinajstić information content (AvgIpc) is 3.11. The van der Waals surface area contributed by atoms with Gasteiger partial charge in [-0.2, -0.15) is 5.10 Å². The third kappa shape index (κ3) is 4.21. The van der Waals surface area contributed by atoms with Gasteiger partial charge in [-0.15, -0.1) is 0 Å². The molecule has 1 aromatic carbocycles. The van der Waals surface area contributed by atoms with Crippen LogP contribution in [0.5, 0.6) is 0 Å². The van der Waals surface area contributed by atoms with Crippen molar-refractivity contribution in [1.29, 1.82) is 0 Å². The number of hydrogen-bond acceptors (Lipinski definition) is 5. The highest BCUT2D eigenvalue weighted by Crippen LogP contribution is 2.16. The molecule has 0 bridgehead atoms. The third-order valence-corrected chi connectivity index (χ3v) is 6.38. The monoisotopic (exact) mass is 348 g/mol. The van der Waals surface area contributed by atoms with Gasteiger partial charge in [0.15, 0.2) is 9.84 Å². The van der Waals surface area contributed by atoms with Crippen molar-refractivity contribution in [2.24, 2.45) is 0 Å². The van der Waals surface area contributed by atoms with Gasteiger partial charge in [0.25, 0.3) is 0 Å². The first kappa shape index (κ1) is 17.1. The molecule has 1 aromatic heterocycles. The molecular weight excluding hydrogens is 324 g/mol. The fourth-order valence-corrected chi connectivity index (χ4v) is 4.98. The van der Waals surface area contributed by atoms with Gasteiger partial charge in [-0.05, 0) is 26.0 Å². The average molecular weight is 348 g/mol. The Morgan fingerprint density at radius 1 is 1.38 bits per heavy atom. The Kier molecular flexibility index (Phi) is 5.01. The van der Waals surface area contributed by atoms with Gasteiger partial charge >= 0.3 is 0 Å². The molecule has 6 nitrogen and oxygen atoms in total. The van der Waals surface area contributed by atoms with Gasteiger partial charge in [0.2, 0.25) is 0 Å². The van der Waals surface area contributed by atoms with E-state index >= 15 is 0 Å². The molecular formula is C17H24N4O2S. The maximum Gasteiger partial charge on any atom is 0.151 e. The second kappa shape index (κ2) is 7.03. The molecule has 0 spiro atoms. The number of nitrogens with zero attached hydrogens (tertiary/aromatic N) is 4. The quantitative estimate of drug-likeness (QED) is 0.787. The smallest absolute Gasteiger partial charge is 0.151 e. The molecule has 0 N–H and O–H groups in total. The van der Waals surface area contributed by atoms with Crippen molar-refractivity contribution in [3.8, 4) is 0 Å². The maximum absolute atomic E-state index is 11.6. The minimum Gasteiger partial charge on any atom is -0.302 e. The van der Waals surface area contributed by atoms with E-state index in [0.717, 1.165) is 25.2 Å². The predicted molar refractivity (Wildman–Crippen MR) is 93.7 cm³/mol. The van der Waals surface area contributed by atoms with Gasteiger partial charge in [-0.3, -0.25) is 0 Å². The van der Waals surface area contributed by atoms with Gasteiger partial charge in [0.05, 0.1) is 18.1 Å². The summed E-state index contributed by atoms with van der Waals surface area (Å²) in [5.41, 5.74) is 2.44. The van der Waals surface area contributed by atoms with E-state index in [1.165, 1.54) is 11.1 Å². The molecule has 3 rings (SSSR count). The van der Waals surface area contributed by atoms with Crippen LogP contribution < -0.4 is 0 Å². The second-order valence-corrected chi connectivity index (χ2v) is 8.84. The summed E-state index contributed by atoms with van der Waals surface area (Å²) in [5.74, 6) is 1.52. The van der Waals surface area contributed by atoms with Crippen LogP contribution >= 0.6 is 0 Å². The zero-order chi connectivity index (χ0) is 17.2. The van der Waals surface area contributed by atoms with Crippen LogP contribution in [0.4, 0.5) is 0 Å². The number of likely N-dealkylation sites (N-methyl/N-ethyl adjacent to an activating group) is 1. The first-order valence-electron chi connectivity index (χ1n) is 8.26. The lowest BCUT2D eigenvalue weighted by Gasteiger charge is -2.22. The van der Waals surface area contributed by atoms with Crippen molar-refractivity contribution in [1.82, 2.24) is 19.7 Å². The van der Waals surface area contributed by atoms with E-state index in [1.54, 1.807) is 6.33 Å². The van der Waals surface area contributed by atoms with E-state index in [-0.39, 0.29) is 11.8 Å². The van der Waals surface area contributed by atoms with E-state index in [0.29, 0.717) is 12.3 Å². The Labute approximate surface area is 143 Å². The van der Waals surface area contributed by atoms with Crippen molar-refractivity contribution in [2.45, 2.75) is 32.4 Å². The summed E-state index contributed by atoms with van der Waals surface area (Å²) in [4.78, 5) is 6.50. The van der Waals surface area contributed by atoms with E-state index in [2.05, 4.69) is 46.2 Å². The molecule has 1 saturated heterocycles. The summed E-state index contributed by atoms with van der Waals surface area (Å²) in [6.45, 7) is 3.57. The van der Waals surface area contributed by atoms with Crippen LogP contribution in [-0.4, -0.2) is 59.2 Å². The molecule has 1 aliphatic heterocycles. The second-order valence-electron chi connectivity index (χ2n) is 6.61. The molecule has 0 amide bonds. The molecule has 2 aromatic rings. The van der Waals surface area contributed by atoms with Crippen LogP contribution in [0.3, 0.4) is 0 Å². The first-order chi connectivity index (χ1) is 11.4. The number of aromatic nitrogens is 3. The van der Waals surface area contributed by atoms with Crippen molar-refractivity contribution in [2.75, 3.05) is 25.1 Å². The minimum absolute atomic E-state index is 0.128. The fourth-order valence-electron chi connectivity index (χ4n) is 3.18. The SMILES string of the molecule is Cc1cccc(Cn2ncnc2CCN(C)[C@@H]2CCS(=O)(=O)C2)c1. The minimum atomic E-state index is -2.84. The predicted octanol–water partition coefficient (Wildman–Crippen LogP) is 1.30. The highest BCUT2D eigenvalue weighted by Gasteiger charge is 2.30. The van der Waals surface area contributed by atoms with Gasteiger partial charge < -0.3 is 4.90 Å². The molecule has 1 aliphatic rings. The van der Waals surface area contributed by atoms with Crippen LogP contribution in [0.25, 0.3) is 0 Å². The Morgan fingerprint density at radius 3 is 2.92 bits per heavy atom. The standard InChI is InChI=1S/C17H24N4O2S/c1-14-4-3-5-15(10-14)11-21-17(18-13-19-21)6-8-20(2)16-7-9-24(22,23)12-16/h3-5,10,13,16H,6-9,11-12H2,1-2H3/t16-/m1/s1. The molecule has 0 radical (unpaired) electrons. The topological polar surface area (TPSA) is 68.1 Å². The summed E-state index contributed by atoms with van der Waals surface area (Å²) in [6.07, 6.45) is 3.08. The van der Waals surface area contributed by atoms with Gasteiger partial charge in [0.1, 0.15) is 12.2 Å². The fraction of sp³-hybridized carbons (Fsp3) is 0.529. The van der Waals surface area contributed by atoms with Crippen molar-refractivity contribution >= 4 is 9.84 Å². The number of aryl methyl sites for hydroxylation is 1. The Balaban J connectivity index is 1.59. The third-order valence-electron chi connectivity index (χ3n) is 4.63. The normalized spacial score (nSPS) is 19.9. The molecule has 130 valence electrons. The summed E-state index contributed by atoms with van der Waals surface area (Å²) < 4.78 is 25.1. The van der Waals surface area contributed by atoms with Gasteiger partial charge in [0, 0.05) is 19.0 Å². The van der Waals surface area contributed by atoms with Crippen LogP contribution in [0.2, 0.25) is 0 Å². The first-order valence-corrected chi connectivity index (χ1v) is 10.1. The molecule has 24 heavy (non-hydrogen) atoms. The van der Waals surface area contributed by atoms with Crippen molar-refractivity contribution < 1.29 is 8.42 Å². The summed E-state index contributed by atoms with van der Waals surface area (Å²) in [6, 6.07) is 8.50. The van der Waals surface area contributed by atoms with Crippen LogP contribution in [0, 0.1) is 6.92 Å². The van der Waals surface area contributed by atoms with Crippen molar-refractivity contribution in [3.63, 3.8) is 0 Å². The molecule has 1 atom stereocenters. The lowest BCUT2D eigenvalue weighted by Crippen LogP contribution is -2.34. The molecule has 0 aliphatic carbocycles. The number of sulfone groups is 1. The zero-order valence-corrected chi connectivity index (χ0v) is 15.0. The van der Waals surface area contributed by atoms with Crippen LogP contribution in [-0.2, 0) is 22.8 Å². The number of benzene rings is 1. The van der Waals surface area contributed by atoms with E-state index in [9.17, 15) is 8.42 Å². The largest absolute Gasteiger partial charge is 0.302 e. The highest BCUT2D eigenvalue weighted by atomic mass is 32.2. The number of rotatable bonds is 6. The van der Waals surface area contributed by atoms with Crippen molar-refractivity contribution in [3.05, 3.63) is 47.5 Å². The molecule has 0 saturated carbocycles. The molecule has 7 heteroatoms. The van der Waals surface area contributed by atoms with E-state index in [4.69, 9.17) is 0 Å². The molecule has 1 fully saturated rings. The van der Waals surface area contributed by atoms with Crippen LogP contribution in [0.1, 0.15) is 23.4 Å². The molecule has 0 unspecified atom stereocenters. The van der Waals surface area contributed by atoms with Crippen LogP contribution in [0.15, 0.2) is 30.6 Å². The summed E-state index contributed by atoms with van der Waals surface area (Å²) in [5, 5.41) is 4.33. The Hall–Kier alpha value is -1.73. The Morgan fingerprint density at radius 2 is 2.21 bits per heavy atom. The summed E-state index contributed by atoms with van der Waals surface area (Å²) in [7, 11) is -0.848. The van der Waals surface area contributed by atoms with Gasteiger partial charge in [-0.1, -0.05) is 29.8 Å². The Bertz CT molecular complexity index is 800. The number of hydrogen-bond donors (Lipinski definition) is 0. The van der Waals surface area contributed by atoms with E-state index < -0.39 is 9.84 Å². The molecule has 2 heterocycles. The maximum atomic E-state index is 11.6. The van der Waals surface area contributed by atoms with E-state index in [1.807, 2.05) is 11.7 Å². The zero-order valence-electron chi connectivity index (χ0n) is 14.2. The van der Waals surface area contributed by atoms with Gasteiger partial charge in [-0.25, -0.2) is 18.1 Å². The lowest BCUT2D eigenvalue weighted by molar-refractivity contribution is 0.262. The highest BCUT2D eigenvalue weighted by molar-refractivity contribution is 7.91.